The Morgan fingerprint density at radius 2 is 2.00 bits per heavy atom. The zero-order valence-corrected chi connectivity index (χ0v) is 11.4. The molecular formula is C13H17Cl2NO. The van der Waals surface area contributed by atoms with Gasteiger partial charge in [-0.2, -0.15) is 0 Å². The van der Waals surface area contributed by atoms with E-state index in [-0.39, 0.29) is 0 Å². The predicted molar refractivity (Wildman–Crippen MR) is 72.3 cm³/mol. The Morgan fingerprint density at radius 3 is 2.65 bits per heavy atom. The molecule has 94 valence electrons. The van der Waals surface area contributed by atoms with Crippen LogP contribution in [0, 0.1) is 5.92 Å². The molecule has 1 aromatic carbocycles. The maximum absolute atomic E-state index is 6.27. The van der Waals surface area contributed by atoms with E-state index in [1.54, 1.807) is 13.2 Å². The Labute approximate surface area is 112 Å². The van der Waals surface area contributed by atoms with Gasteiger partial charge in [0.2, 0.25) is 0 Å². The summed E-state index contributed by atoms with van der Waals surface area (Å²) in [5.41, 5.74) is 1.05. The highest BCUT2D eigenvalue weighted by molar-refractivity contribution is 6.42. The molecule has 0 aromatic heterocycles. The van der Waals surface area contributed by atoms with Gasteiger partial charge in [-0.3, -0.25) is 0 Å². The molecule has 1 heterocycles. The van der Waals surface area contributed by atoms with Gasteiger partial charge in [-0.25, -0.2) is 0 Å². The Hall–Kier alpha value is -0.440. The van der Waals surface area contributed by atoms with Crippen LogP contribution in [0.5, 0.6) is 5.75 Å². The van der Waals surface area contributed by atoms with E-state index in [1.165, 1.54) is 12.8 Å². The van der Waals surface area contributed by atoms with Gasteiger partial charge in [-0.1, -0.05) is 23.2 Å². The van der Waals surface area contributed by atoms with Crippen LogP contribution in [0.3, 0.4) is 0 Å². The molecule has 1 N–H and O–H groups in total. The van der Waals surface area contributed by atoms with E-state index in [9.17, 15) is 0 Å². The van der Waals surface area contributed by atoms with Crippen LogP contribution in [0.4, 0.5) is 0 Å². The standard InChI is InChI=1S/C13H17Cl2NO/c1-17-12-3-2-11(14)13(15)10(12)8-9-4-6-16-7-5-9/h2-3,9,16H,4-8H2,1H3. The zero-order valence-electron chi connectivity index (χ0n) is 9.93. The number of nitrogens with one attached hydrogen (secondary N) is 1. The number of ether oxygens (including phenoxy) is 1. The summed E-state index contributed by atoms with van der Waals surface area (Å²) in [6.07, 6.45) is 3.32. The highest BCUT2D eigenvalue weighted by Gasteiger charge is 2.19. The maximum atomic E-state index is 6.27. The summed E-state index contributed by atoms with van der Waals surface area (Å²) in [6, 6.07) is 3.68. The fraction of sp³-hybridized carbons (Fsp3) is 0.538. The topological polar surface area (TPSA) is 21.3 Å². The molecule has 4 heteroatoms. The quantitative estimate of drug-likeness (QED) is 0.910. The largest absolute Gasteiger partial charge is 0.496 e. The van der Waals surface area contributed by atoms with E-state index < -0.39 is 0 Å². The van der Waals surface area contributed by atoms with Crippen molar-refractivity contribution in [2.24, 2.45) is 5.92 Å². The van der Waals surface area contributed by atoms with E-state index in [0.29, 0.717) is 16.0 Å². The van der Waals surface area contributed by atoms with Gasteiger partial charge in [-0.05, 0) is 50.4 Å². The summed E-state index contributed by atoms with van der Waals surface area (Å²) in [6.45, 7) is 2.18. The van der Waals surface area contributed by atoms with Gasteiger partial charge in [-0.15, -0.1) is 0 Å². The number of hydrogen-bond acceptors (Lipinski definition) is 2. The number of methoxy groups -OCH3 is 1. The van der Waals surface area contributed by atoms with Crippen LogP contribution in [0.15, 0.2) is 12.1 Å². The van der Waals surface area contributed by atoms with Crippen molar-refractivity contribution in [3.05, 3.63) is 27.7 Å². The third kappa shape index (κ3) is 3.06. The second-order valence-electron chi connectivity index (χ2n) is 4.44. The minimum Gasteiger partial charge on any atom is -0.496 e. The van der Waals surface area contributed by atoms with E-state index in [2.05, 4.69) is 5.32 Å². The second kappa shape index (κ2) is 5.94. The molecule has 2 nitrogen and oxygen atoms in total. The Balaban J connectivity index is 2.20. The molecule has 1 aliphatic rings. The molecule has 0 saturated carbocycles. The average molecular weight is 274 g/mol. The third-order valence-electron chi connectivity index (χ3n) is 3.32. The summed E-state index contributed by atoms with van der Waals surface area (Å²) in [4.78, 5) is 0. The van der Waals surface area contributed by atoms with Gasteiger partial charge in [0.05, 0.1) is 17.2 Å². The number of rotatable bonds is 3. The lowest BCUT2D eigenvalue weighted by atomic mass is 9.90. The van der Waals surface area contributed by atoms with Crippen LogP contribution in [0.2, 0.25) is 10.0 Å². The number of halogens is 2. The molecule has 0 amide bonds. The molecule has 1 aliphatic heterocycles. The maximum Gasteiger partial charge on any atom is 0.123 e. The summed E-state index contributed by atoms with van der Waals surface area (Å²) in [7, 11) is 1.67. The molecule has 17 heavy (non-hydrogen) atoms. The first-order valence-corrected chi connectivity index (χ1v) is 6.69. The molecular weight excluding hydrogens is 257 g/mol. The van der Waals surface area contributed by atoms with Gasteiger partial charge in [0.25, 0.3) is 0 Å². The van der Waals surface area contributed by atoms with Crippen LogP contribution >= 0.6 is 23.2 Å². The molecule has 1 fully saturated rings. The van der Waals surface area contributed by atoms with Crippen molar-refractivity contribution in [2.75, 3.05) is 20.2 Å². The van der Waals surface area contributed by atoms with Gasteiger partial charge < -0.3 is 10.1 Å². The minimum absolute atomic E-state index is 0.608. The normalized spacial score (nSPS) is 17.1. The van der Waals surface area contributed by atoms with Crippen molar-refractivity contribution < 1.29 is 4.74 Å². The van der Waals surface area contributed by atoms with Gasteiger partial charge in [0.15, 0.2) is 0 Å². The van der Waals surface area contributed by atoms with E-state index in [1.807, 2.05) is 6.07 Å². The summed E-state index contributed by atoms with van der Waals surface area (Å²) in [5, 5.41) is 4.62. The molecule has 0 aliphatic carbocycles. The number of benzene rings is 1. The fourth-order valence-electron chi connectivity index (χ4n) is 2.33. The average Bonchev–Trinajstić information content (AvgIpc) is 2.37. The highest BCUT2D eigenvalue weighted by Crippen LogP contribution is 2.35. The smallest absolute Gasteiger partial charge is 0.123 e. The lowest BCUT2D eigenvalue weighted by Crippen LogP contribution is -2.28. The molecule has 2 rings (SSSR count). The van der Waals surface area contributed by atoms with Crippen molar-refractivity contribution in [3.8, 4) is 5.75 Å². The second-order valence-corrected chi connectivity index (χ2v) is 5.22. The summed E-state index contributed by atoms with van der Waals surface area (Å²) < 4.78 is 5.36. The molecule has 0 atom stereocenters. The first kappa shape index (κ1) is 13.0. The summed E-state index contributed by atoms with van der Waals surface area (Å²) >= 11 is 12.3. The monoisotopic (exact) mass is 273 g/mol. The molecule has 1 saturated heterocycles. The Bertz CT molecular complexity index is 389. The van der Waals surface area contributed by atoms with Crippen molar-refractivity contribution in [1.29, 1.82) is 0 Å². The van der Waals surface area contributed by atoms with Crippen molar-refractivity contribution >= 4 is 23.2 Å². The number of piperidine rings is 1. The van der Waals surface area contributed by atoms with Crippen LogP contribution < -0.4 is 10.1 Å². The van der Waals surface area contributed by atoms with Crippen molar-refractivity contribution in [3.63, 3.8) is 0 Å². The first-order valence-electron chi connectivity index (χ1n) is 5.94. The van der Waals surface area contributed by atoms with E-state index in [0.717, 1.165) is 30.8 Å². The van der Waals surface area contributed by atoms with Crippen LogP contribution in [0.1, 0.15) is 18.4 Å². The van der Waals surface area contributed by atoms with Crippen LogP contribution in [0.25, 0.3) is 0 Å². The molecule has 0 radical (unpaired) electrons. The first-order chi connectivity index (χ1) is 8.22. The van der Waals surface area contributed by atoms with E-state index in [4.69, 9.17) is 27.9 Å². The van der Waals surface area contributed by atoms with Gasteiger partial charge >= 0.3 is 0 Å². The van der Waals surface area contributed by atoms with Gasteiger partial charge in [0.1, 0.15) is 5.75 Å². The fourth-order valence-corrected chi connectivity index (χ4v) is 2.74. The molecule has 1 aromatic rings. The lowest BCUT2D eigenvalue weighted by Gasteiger charge is -2.24. The third-order valence-corrected chi connectivity index (χ3v) is 4.17. The SMILES string of the molecule is COc1ccc(Cl)c(Cl)c1CC1CCNCC1. The minimum atomic E-state index is 0.608. The highest BCUT2D eigenvalue weighted by atomic mass is 35.5. The van der Waals surface area contributed by atoms with Crippen LogP contribution in [-0.2, 0) is 6.42 Å². The molecule has 0 spiro atoms. The van der Waals surface area contributed by atoms with Crippen LogP contribution in [-0.4, -0.2) is 20.2 Å². The van der Waals surface area contributed by atoms with Crippen molar-refractivity contribution in [1.82, 2.24) is 5.32 Å². The molecule has 0 bridgehead atoms. The lowest BCUT2D eigenvalue weighted by molar-refractivity contribution is 0.361. The van der Waals surface area contributed by atoms with E-state index >= 15 is 0 Å². The molecule has 0 unspecified atom stereocenters. The van der Waals surface area contributed by atoms with Gasteiger partial charge in [0, 0.05) is 5.56 Å². The summed E-state index contributed by atoms with van der Waals surface area (Å²) in [5.74, 6) is 1.51. The van der Waals surface area contributed by atoms with Crippen molar-refractivity contribution in [2.45, 2.75) is 19.3 Å². The Kier molecular flexibility index (Phi) is 4.55. The Morgan fingerprint density at radius 1 is 1.29 bits per heavy atom. The number of hydrogen-bond donors (Lipinski definition) is 1. The predicted octanol–water partition coefficient (Wildman–Crippen LogP) is 3.54. The zero-order chi connectivity index (χ0) is 12.3.